The zero-order chi connectivity index (χ0) is 22.3. The first kappa shape index (κ1) is 21.9. The third-order valence-electron chi connectivity index (χ3n) is 6.98. The Morgan fingerprint density at radius 1 is 0.606 bits per heavy atom. The molecular formula is C31H32OSi. The smallest absolute Gasteiger partial charge is 0.288 e. The molecule has 0 N–H and O–H groups in total. The van der Waals surface area contributed by atoms with E-state index in [-0.39, 0.29) is 0 Å². The Labute approximate surface area is 199 Å². The van der Waals surface area contributed by atoms with Crippen molar-refractivity contribution in [1.82, 2.24) is 0 Å². The Balaban J connectivity index is 1.46. The van der Waals surface area contributed by atoms with E-state index in [1.807, 2.05) is 0 Å². The second-order valence-corrected chi connectivity index (χ2v) is 12.6. The second kappa shape index (κ2) is 10.3. The molecule has 0 amide bonds. The molecule has 33 heavy (non-hydrogen) atoms. The third kappa shape index (κ3) is 5.03. The minimum Gasteiger partial charge on any atom is -0.404 e. The van der Waals surface area contributed by atoms with Crippen molar-refractivity contribution in [3.05, 3.63) is 127 Å². The van der Waals surface area contributed by atoms with E-state index in [1.54, 1.807) is 0 Å². The van der Waals surface area contributed by atoms with Crippen molar-refractivity contribution in [3.63, 3.8) is 0 Å². The van der Waals surface area contributed by atoms with Gasteiger partial charge in [-0.3, -0.25) is 0 Å². The van der Waals surface area contributed by atoms with E-state index >= 15 is 0 Å². The van der Waals surface area contributed by atoms with Crippen LogP contribution in [0, 0.1) is 11.8 Å². The van der Waals surface area contributed by atoms with Crippen molar-refractivity contribution in [1.29, 1.82) is 0 Å². The van der Waals surface area contributed by atoms with Gasteiger partial charge in [-0.15, -0.1) is 0 Å². The van der Waals surface area contributed by atoms with Gasteiger partial charge >= 0.3 is 0 Å². The van der Waals surface area contributed by atoms with Crippen molar-refractivity contribution in [2.24, 2.45) is 11.8 Å². The highest BCUT2D eigenvalue weighted by Crippen LogP contribution is 2.40. The summed E-state index contributed by atoms with van der Waals surface area (Å²) in [5.74, 6) is 1.55. The second-order valence-electron chi connectivity index (χ2n) is 9.20. The summed E-state index contributed by atoms with van der Waals surface area (Å²) >= 11 is 0. The molecule has 0 spiro atoms. The number of hydrogen-bond donors (Lipinski definition) is 0. The van der Waals surface area contributed by atoms with E-state index < -0.39 is 8.32 Å². The quantitative estimate of drug-likeness (QED) is 0.235. The third-order valence-corrected chi connectivity index (χ3v) is 11.1. The Morgan fingerprint density at radius 2 is 1.03 bits per heavy atom. The van der Waals surface area contributed by atoms with Crippen LogP contribution in [0.25, 0.3) is 0 Å². The van der Waals surface area contributed by atoms with Crippen molar-refractivity contribution < 1.29 is 4.43 Å². The molecule has 4 aromatic carbocycles. The van der Waals surface area contributed by atoms with Gasteiger partial charge in [0.15, 0.2) is 0 Å². The first-order valence-corrected chi connectivity index (χ1v) is 14.1. The molecule has 1 unspecified atom stereocenters. The van der Waals surface area contributed by atoms with Crippen LogP contribution < -0.4 is 15.6 Å². The number of hydrogen-bond acceptors (Lipinski definition) is 1. The topological polar surface area (TPSA) is 9.23 Å². The van der Waals surface area contributed by atoms with Crippen molar-refractivity contribution in [2.75, 3.05) is 6.61 Å². The number of rotatable bonds is 10. The van der Waals surface area contributed by atoms with E-state index in [9.17, 15) is 0 Å². The van der Waals surface area contributed by atoms with Gasteiger partial charge in [-0.05, 0) is 58.6 Å². The van der Waals surface area contributed by atoms with Crippen molar-refractivity contribution >= 4 is 23.9 Å². The van der Waals surface area contributed by atoms with Gasteiger partial charge in [0.25, 0.3) is 8.32 Å². The highest BCUT2D eigenvalue weighted by atomic mass is 28.4. The fraction of sp³-hybridized carbons (Fsp3) is 0.226. The minimum atomic E-state index is -2.60. The minimum absolute atomic E-state index is 0.696. The van der Waals surface area contributed by atoms with Gasteiger partial charge in [-0.2, -0.15) is 0 Å². The molecule has 1 atom stereocenters. The van der Waals surface area contributed by atoms with Crippen LogP contribution in [-0.2, 0) is 10.8 Å². The number of benzene rings is 4. The Kier molecular flexibility index (Phi) is 6.85. The summed E-state index contributed by atoms with van der Waals surface area (Å²) < 4.78 is 7.17. The molecular weight excluding hydrogens is 416 g/mol. The van der Waals surface area contributed by atoms with Gasteiger partial charge in [0, 0.05) is 6.61 Å². The van der Waals surface area contributed by atoms with Crippen LogP contribution >= 0.6 is 0 Å². The van der Waals surface area contributed by atoms with Crippen molar-refractivity contribution in [2.45, 2.75) is 25.7 Å². The maximum Gasteiger partial charge on any atom is 0.288 e. The van der Waals surface area contributed by atoms with Gasteiger partial charge in [0.05, 0.1) is 0 Å². The summed E-state index contributed by atoms with van der Waals surface area (Å²) in [7, 11) is -2.60. The molecule has 1 saturated carbocycles. The molecule has 0 bridgehead atoms. The standard InChI is InChI=1S/C31H32OSi/c1-5-13-26(14-6-1)25-28(27-21-22-27)23-24-32-33(29-15-7-2-8-16-29,30-17-9-3-10-18-30)31-19-11-4-12-20-31/h1-20,27-28H,21-25H2. The van der Waals surface area contributed by atoms with Gasteiger partial charge < -0.3 is 4.43 Å². The fourth-order valence-electron chi connectivity index (χ4n) is 5.12. The molecule has 0 heterocycles. The van der Waals surface area contributed by atoms with Crippen LogP contribution in [-0.4, -0.2) is 14.9 Å². The molecule has 0 saturated heterocycles. The van der Waals surface area contributed by atoms with Gasteiger partial charge in [-0.1, -0.05) is 121 Å². The lowest BCUT2D eigenvalue weighted by Gasteiger charge is -2.33. The normalized spacial score (nSPS) is 14.7. The largest absolute Gasteiger partial charge is 0.404 e. The monoisotopic (exact) mass is 448 g/mol. The summed E-state index contributed by atoms with van der Waals surface area (Å²) in [5, 5.41) is 3.94. The SMILES string of the molecule is c1ccc(CC(CCO[Si](c2ccccc2)(c2ccccc2)c2ccccc2)C2CC2)cc1. The summed E-state index contributed by atoms with van der Waals surface area (Å²) in [6, 6.07) is 43.7. The maximum absolute atomic E-state index is 7.17. The zero-order valence-corrected chi connectivity index (χ0v) is 20.1. The summed E-state index contributed by atoms with van der Waals surface area (Å²) in [6.45, 7) is 0.791. The fourth-order valence-corrected chi connectivity index (χ4v) is 9.03. The van der Waals surface area contributed by atoms with E-state index in [0.29, 0.717) is 5.92 Å². The van der Waals surface area contributed by atoms with Gasteiger partial charge in [0.1, 0.15) is 0 Å². The molecule has 5 rings (SSSR count). The van der Waals surface area contributed by atoms with Crippen LogP contribution in [0.5, 0.6) is 0 Å². The van der Waals surface area contributed by atoms with Crippen LogP contribution in [0.15, 0.2) is 121 Å². The van der Waals surface area contributed by atoms with Crippen molar-refractivity contribution in [3.8, 4) is 0 Å². The molecule has 0 aromatic heterocycles. The van der Waals surface area contributed by atoms with Crippen LogP contribution in [0.3, 0.4) is 0 Å². The van der Waals surface area contributed by atoms with Gasteiger partial charge in [-0.25, -0.2) is 0 Å². The van der Waals surface area contributed by atoms with E-state index in [1.165, 1.54) is 34.0 Å². The first-order valence-electron chi connectivity index (χ1n) is 12.2. The van der Waals surface area contributed by atoms with E-state index in [2.05, 4.69) is 121 Å². The lowest BCUT2D eigenvalue weighted by atomic mass is 9.92. The molecule has 1 aliphatic carbocycles. The average Bonchev–Trinajstić information content (AvgIpc) is 3.74. The predicted molar refractivity (Wildman–Crippen MR) is 141 cm³/mol. The van der Waals surface area contributed by atoms with Crippen LogP contribution in [0.2, 0.25) is 0 Å². The first-order chi connectivity index (χ1) is 16.4. The Hall–Kier alpha value is -2.94. The molecule has 4 aromatic rings. The lowest BCUT2D eigenvalue weighted by molar-refractivity contribution is 0.267. The zero-order valence-electron chi connectivity index (χ0n) is 19.1. The predicted octanol–water partition coefficient (Wildman–Crippen LogP) is 5.33. The van der Waals surface area contributed by atoms with Crippen LogP contribution in [0.1, 0.15) is 24.8 Å². The maximum atomic E-state index is 7.17. The molecule has 1 fully saturated rings. The lowest BCUT2D eigenvalue weighted by Crippen LogP contribution is -2.69. The summed E-state index contributed by atoms with van der Waals surface area (Å²) in [4.78, 5) is 0. The van der Waals surface area contributed by atoms with E-state index in [4.69, 9.17) is 4.43 Å². The average molecular weight is 449 g/mol. The molecule has 2 heteroatoms. The molecule has 0 aliphatic heterocycles. The molecule has 1 nitrogen and oxygen atoms in total. The molecule has 0 radical (unpaired) electrons. The summed E-state index contributed by atoms with van der Waals surface area (Å²) in [5.41, 5.74) is 1.45. The summed E-state index contributed by atoms with van der Waals surface area (Å²) in [6.07, 6.45) is 5.01. The Morgan fingerprint density at radius 3 is 1.45 bits per heavy atom. The molecule has 1 aliphatic rings. The highest BCUT2D eigenvalue weighted by Gasteiger charge is 2.42. The van der Waals surface area contributed by atoms with Gasteiger partial charge in [0.2, 0.25) is 0 Å². The molecule has 166 valence electrons. The van der Waals surface area contributed by atoms with E-state index in [0.717, 1.165) is 25.4 Å². The Bertz CT molecular complexity index is 1010. The highest BCUT2D eigenvalue weighted by molar-refractivity contribution is 7.07. The van der Waals surface area contributed by atoms with Crippen LogP contribution in [0.4, 0.5) is 0 Å².